The number of hydrogen-bond acceptors (Lipinski definition) is 1. The Bertz CT molecular complexity index is 1920. The van der Waals surface area contributed by atoms with Crippen molar-refractivity contribution in [2.24, 2.45) is 11.8 Å². The molecule has 3 saturated carbocycles. The van der Waals surface area contributed by atoms with Crippen molar-refractivity contribution in [2.75, 3.05) is 4.90 Å². The van der Waals surface area contributed by atoms with E-state index in [4.69, 9.17) is 0 Å². The Morgan fingerprint density at radius 1 is 0.531 bits per heavy atom. The second-order valence-corrected chi connectivity index (χ2v) is 16.4. The smallest absolute Gasteiger partial charge is 0.0468 e. The van der Waals surface area contributed by atoms with Crippen LogP contribution in [0.25, 0.3) is 11.1 Å². The summed E-state index contributed by atoms with van der Waals surface area (Å²) in [6.45, 7) is 4.75. The van der Waals surface area contributed by atoms with Crippen molar-refractivity contribution < 1.29 is 0 Å². The van der Waals surface area contributed by atoms with E-state index in [1.54, 1.807) is 5.56 Å². The van der Waals surface area contributed by atoms with E-state index in [-0.39, 0.29) is 10.8 Å². The second kappa shape index (κ2) is 12.3. The number of hydrogen-bond donors (Lipinski definition) is 0. The average Bonchev–Trinajstić information content (AvgIpc) is 3.83. The van der Waals surface area contributed by atoms with Gasteiger partial charge in [0.15, 0.2) is 0 Å². The van der Waals surface area contributed by atoms with Gasteiger partial charge < -0.3 is 4.90 Å². The molecule has 3 atom stereocenters. The number of fused-ring (bicyclic) bond motifs is 5. The topological polar surface area (TPSA) is 3.24 Å². The lowest BCUT2D eigenvalue weighted by atomic mass is 9.67. The lowest BCUT2D eigenvalue weighted by Crippen LogP contribution is -2.29. The summed E-state index contributed by atoms with van der Waals surface area (Å²) in [4.78, 5) is 2.51. The molecule has 3 fully saturated rings. The van der Waals surface area contributed by atoms with E-state index in [1.807, 2.05) is 0 Å². The first-order valence-corrected chi connectivity index (χ1v) is 19.3. The molecule has 9 rings (SSSR count). The van der Waals surface area contributed by atoms with Gasteiger partial charge in [-0.3, -0.25) is 0 Å². The van der Waals surface area contributed by atoms with Crippen LogP contribution < -0.4 is 4.90 Å². The van der Waals surface area contributed by atoms with Crippen LogP contribution in [-0.4, -0.2) is 0 Å². The Kier molecular flexibility index (Phi) is 7.79. The molecule has 3 unspecified atom stereocenters. The minimum Gasteiger partial charge on any atom is -0.310 e. The molecule has 0 aromatic heterocycles. The fraction of sp³-hybridized carbons (Fsp3) is 0.375. The Morgan fingerprint density at radius 3 is 1.84 bits per heavy atom. The van der Waals surface area contributed by atoms with E-state index in [0.29, 0.717) is 0 Å². The van der Waals surface area contributed by atoms with Gasteiger partial charge in [0.1, 0.15) is 0 Å². The zero-order chi connectivity index (χ0) is 33.0. The van der Waals surface area contributed by atoms with Gasteiger partial charge in [0.2, 0.25) is 0 Å². The molecule has 0 N–H and O–H groups in total. The van der Waals surface area contributed by atoms with Crippen molar-refractivity contribution in [3.05, 3.63) is 149 Å². The van der Waals surface area contributed by atoms with Crippen LogP contribution in [0.15, 0.2) is 121 Å². The first-order chi connectivity index (χ1) is 24.0. The number of benzene rings is 5. The fourth-order valence-electron chi connectivity index (χ4n) is 10.8. The molecule has 0 radical (unpaired) electrons. The number of rotatable bonds is 6. The Hall–Kier alpha value is -4.10. The van der Waals surface area contributed by atoms with Crippen LogP contribution in [-0.2, 0) is 10.8 Å². The van der Waals surface area contributed by atoms with Gasteiger partial charge >= 0.3 is 0 Å². The van der Waals surface area contributed by atoms with E-state index in [1.165, 1.54) is 121 Å². The van der Waals surface area contributed by atoms with Crippen molar-refractivity contribution in [1.82, 2.24) is 0 Å². The van der Waals surface area contributed by atoms with E-state index in [9.17, 15) is 0 Å². The summed E-state index contributed by atoms with van der Waals surface area (Å²) in [5, 5.41) is 0. The molecule has 4 aliphatic rings. The third-order valence-corrected chi connectivity index (χ3v) is 13.4. The van der Waals surface area contributed by atoms with Gasteiger partial charge in [-0.2, -0.15) is 0 Å². The molecule has 5 aromatic rings. The Balaban J connectivity index is 1.13. The van der Waals surface area contributed by atoms with Crippen molar-refractivity contribution in [3.63, 3.8) is 0 Å². The van der Waals surface area contributed by atoms with Gasteiger partial charge in [0.05, 0.1) is 0 Å². The van der Waals surface area contributed by atoms with Crippen LogP contribution in [0.1, 0.15) is 118 Å². The van der Waals surface area contributed by atoms with E-state index < -0.39 is 0 Å². The highest BCUT2D eigenvalue weighted by Gasteiger charge is 2.40. The van der Waals surface area contributed by atoms with Gasteiger partial charge in [-0.1, -0.05) is 137 Å². The molecule has 49 heavy (non-hydrogen) atoms. The largest absolute Gasteiger partial charge is 0.310 e. The van der Waals surface area contributed by atoms with E-state index in [0.717, 1.165) is 17.8 Å². The van der Waals surface area contributed by atoms with Crippen molar-refractivity contribution in [2.45, 2.75) is 101 Å². The third-order valence-electron chi connectivity index (χ3n) is 13.4. The molecule has 0 aliphatic heterocycles. The molecule has 0 amide bonds. The first-order valence-electron chi connectivity index (χ1n) is 19.3. The maximum Gasteiger partial charge on any atom is 0.0468 e. The maximum absolute atomic E-state index is 2.51. The van der Waals surface area contributed by atoms with Crippen molar-refractivity contribution in [3.8, 4) is 11.1 Å². The van der Waals surface area contributed by atoms with Crippen LogP contribution in [0, 0.1) is 11.8 Å². The lowest BCUT2D eigenvalue weighted by Gasteiger charge is -2.37. The highest BCUT2D eigenvalue weighted by Crippen LogP contribution is 2.54. The molecular formula is C48H51N. The fourth-order valence-corrected chi connectivity index (χ4v) is 10.8. The van der Waals surface area contributed by atoms with Crippen molar-refractivity contribution in [1.29, 1.82) is 0 Å². The minimum absolute atomic E-state index is 0.00258. The Labute approximate surface area is 294 Å². The van der Waals surface area contributed by atoms with Gasteiger partial charge in [-0.25, -0.2) is 0 Å². The molecule has 1 heteroatoms. The minimum atomic E-state index is 0.00258. The van der Waals surface area contributed by atoms with Gasteiger partial charge in [-0.05, 0) is 125 Å². The van der Waals surface area contributed by atoms with Crippen LogP contribution in [0.2, 0.25) is 0 Å². The summed E-state index contributed by atoms with van der Waals surface area (Å²) >= 11 is 0. The van der Waals surface area contributed by atoms with Gasteiger partial charge in [0, 0.05) is 27.9 Å². The average molecular weight is 642 g/mol. The molecule has 248 valence electrons. The standard InChI is InChI=1S/C48H51N/c1-47(2)45-16-10-9-15-42(45)44-33-41(27-28-46(44)47)49(39-23-19-35(20-24-39)43-32-34-17-18-36(43)31-34)40-25-21-38(22-26-40)48(37-13-7-6-8-14-37)29-11-4-3-5-12-30-48/h6-10,13-16,19-28,33-34,36,43H,3-5,11-12,17-18,29-32H2,1-2H3. The zero-order valence-corrected chi connectivity index (χ0v) is 29.5. The molecule has 0 saturated heterocycles. The summed E-state index contributed by atoms with van der Waals surface area (Å²) in [6, 6.07) is 47.1. The first kappa shape index (κ1) is 30.9. The van der Waals surface area contributed by atoms with Crippen LogP contribution in [0.3, 0.4) is 0 Å². The van der Waals surface area contributed by atoms with Gasteiger partial charge in [0.25, 0.3) is 0 Å². The lowest BCUT2D eigenvalue weighted by molar-refractivity contribution is 0.366. The van der Waals surface area contributed by atoms with Crippen molar-refractivity contribution >= 4 is 17.1 Å². The van der Waals surface area contributed by atoms with Crippen LogP contribution in [0.4, 0.5) is 17.1 Å². The highest BCUT2D eigenvalue weighted by atomic mass is 15.1. The SMILES string of the molecule is CC1(C)c2ccccc2-c2cc(N(c3ccc(C4CC5CCC4C5)cc3)c3ccc(C4(c5ccccc5)CCCCCCC4)cc3)ccc21. The molecule has 0 spiro atoms. The summed E-state index contributed by atoms with van der Waals surface area (Å²) in [6.07, 6.45) is 14.8. The molecule has 5 aromatic carbocycles. The molecule has 0 heterocycles. The highest BCUT2D eigenvalue weighted by molar-refractivity contribution is 5.86. The molecule has 4 aliphatic carbocycles. The predicted molar refractivity (Wildman–Crippen MR) is 206 cm³/mol. The second-order valence-electron chi connectivity index (χ2n) is 16.4. The Morgan fingerprint density at radius 2 is 1.14 bits per heavy atom. The quantitative estimate of drug-likeness (QED) is 0.178. The van der Waals surface area contributed by atoms with E-state index >= 15 is 0 Å². The summed E-state index contributed by atoms with van der Waals surface area (Å²) < 4.78 is 0. The summed E-state index contributed by atoms with van der Waals surface area (Å²) in [5.74, 6) is 2.60. The molecule has 1 nitrogen and oxygen atoms in total. The molecular weight excluding hydrogens is 591 g/mol. The number of nitrogens with zero attached hydrogens (tertiary/aromatic N) is 1. The summed E-state index contributed by atoms with van der Waals surface area (Å²) in [5.41, 5.74) is 13.9. The maximum atomic E-state index is 2.51. The zero-order valence-electron chi connectivity index (χ0n) is 29.5. The normalized spacial score (nSPS) is 23.3. The molecule has 2 bridgehead atoms. The summed E-state index contributed by atoms with van der Waals surface area (Å²) in [7, 11) is 0. The van der Waals surface area contributed by atoms with E-state index in [2.05, 4.69) is 140 Å². The van der Waals surface area contributed by atoms with Crippen LogP contribution in [0.5, 0.6) is 0 Å². The van der Waals surface area contributed by atoms with Crippen LogP contribution >= 0.6 is 0 Å². The monoisotopic (exact) mass is 641 g/mol. The predicted octanol–water partition coefficient (Wildman–Crippen LogP) is 13.4. The van der Waals surface area contributed by atoms with Gasteiger partial charge in [-0.15, -0.1) is 0 Å². The number of anilines is 3. The third kappa shape index (κ3) is 5.27.